The lowest BCUT2D eigenvalue weighted by molar-refractivity contribution is 0.0714. The van der Waals surface area contributed by atoms with Crippen LogP contribution in [0, 0.1) is 17.1 Å². The van der Waals surface area contributed by atoms with Gasteiger partial charge in [-0.1, -0.05) is 25.0 Å². The standard InChI is InChI=1S/C27H29FN6O2/c28-20-6-3-5-19-18(15-22(31-25(19)20)26(36)32-21-7-1-2-8-23(21)35)16-34-13-10-27(17-29,11-14-34)24-9-4-12-30-33-24/h3-6,9,12,15,21,23,35H,1-2,7-8,10-11,13-14,16H2,(H,32,36)/t21-,23-/m0/s1. The van der Waals surface area contributed by atoms with Crippen molar-refractivity contribution < 1.29 is 14.3 Å². The maximum Gasteiger partial charge on any atom is 0.270 e. The van der Waals surface area contributed by atoms with Crippen molar-refractivity contribution in [2.24, 2.45) is 0 Å². The fraction of sp³-hybridized carbons (Fsp3) is 0.444. The molecule has 0 spiro atoms. The highest BCUT2D eigenvalue weighted by atomic mass is 19.1. The number of pyridine rings is 1. The van der Waals surface area contributed by atoms with Gasteiger partial charge in [0.2, 0.25) is 0 Å². The Hall–Kier alpha value is -3.48. The first-order chi connectivity index (χ1) is 17.5. The van der Waals surface area contributed by atoms with Crippen molar-refractivity contribution in [1.29, 1.82) is 5.26 Å². The van der Waals surface area contributed by atoms with Crippen LogP contribution in [0.4, 0.5) is 4.39 Å². The molecule has 0 radical (unpaired) electrons. The molecule has 5 rings (SSSR count). The number of nitrogens with one attached hydrogen (secondary N) is 1. The van der Waals surface area contributed by atoms with Crippen LogP contribution in [0.1, 0.15) is 60.3 Å². The third kappa shape index (κ3) is 4.79. The van der Waals surface area contributed by atoms with Crippen LogP contribution in [-0.2, 0) is 12.0 Å². The number of amides is 1. The number of aliphatic hydroxyl groups is 1. The van der Waals surface area contributed by atoms with E-state index in [1.54, 1.807) is 24.4 Å². The van der Waals surface area contributed by atoms with Crippen LogP contribution < -0.4 is 5.32 Å². The van der Waals surface area contributed by atoms with E-state index in [0.29, 0.717) is 56.4 Å². The molecule has 2 aromatic heterocycles. The number of carbonyl (C=O) groups excluding carboxylic acids is 1. The van der Waals surface area contributed by atoms with Crippen molar-refractivity contribution in [3.63, 3.8) is 0 Å². The van der Waals surface area contributed by atoms with Crippen LogP contribution in [0.2, 0.25) is 0 Å². The summed E-state index contributed by atoms with van der Waals surface area (Å²) in [7, 11) is 0. The molecule has 2 fully saturated rings. The van der Waals surface area contributed by atoms with Crippen LogP contribution in [0.15, 0.2) is 42.6 Å². The summed E-state index contributed by atoms with van der Waals surface area (Å²) in [6, 6.07) is 12.3. The van der Waals surface area contributed by atoms with E-state index in [4.69, 9.17) is 0 Å². The molecule has 1 amide bonds. The first-order valence-corrected chi connectivity index (χ1v) is 12.5. The number of aliphatic hydroxyl groups excluding tert-OH is 1. The Bertz CT molecular complexity index is 1290. The van der Waals surface area contributed by atoms with Gasteiger partial charge in [0.05, 0.1) is 23.9 Å². The van der Waals surface area contributed by atoms with Gasteiger partial charge in [-0.25, -0.2) is 9.37 Å². The van der Waals surface area contributed by atoms with E-state index >= 15 is 0 Å². The van der Waals surface area contributed by atoms with E-state index in [1.165, 1.54) is 6.07 Å². The second-order valence-corrected chi connectivity index (χ2v) is 9.81. The Labute approximate surface area is 209 Å². The lowest BCUT2D eigenvalue weighted by Crippen LogP contribution is -2.45. The highest BCUT2D eigenvalue weighted by Gasteiger charge is 2.38. The van der Waals surface area contributed by atoms with Crippen molar-refractivity contribution in [3.05, 3.63) is 65.4 Å². The second kappa shape index (κ2) is 10.2. The van der Waals surface area contributed by atoms with Gasteiger partial charge in [-0.05, 0) is 55.5 Å². The smallest absolute Gasteiger partial charge is 0.270 e. The fourth-order valence-electron chi connectivity index (χ4n) is 5.37. The first-order valence-electron chi connectivity index (χ1n) is 12.5. The fourth-order valence-corrected chi connectivity index (χ4v) is 5.37. The second-order valence-electron chi connectivity index (χ2n) is 9.81. The summed E-state index contributed by atoms with van der Waals surface area (Å²) < 4.78 is 14.7. The van der Waals surface area contributed by atoms with E-state index in [9.17, 15) is 19.6 Å². The zero-order valence-electron chi connectivity index (χ0n) is 20.0. The summed E-state index contributed by atoms with van der Waals surface area (Å²) >= 11 is 0. The van der Waals surface area contributed by atoms with Crippen molar-refractivity contribution in [3.8, 4) is 6.07 Å². The number of benzene rings is 1. The van der Waals surface area contributed by atoms with E-state index in [-0.39, 0.29) is 17.3 Å². The normalized spacial score (nSPS) is 22.1. The van der Waals surface area contributed by atoms with Crippen LogP contribution in [-0.4, -0.2) is 56.3 Å². The summed E-state index contributed by atoms with van der Waals surface area (Å²) in [4.78, 5) is 19.6. The summed E-state index contributed by atoms with van der Waals surface area (Å²) in [5.74, 6) is -0.886. The van der Waals surface area contributed by atoms with Crippen LogP contribution in [0.25, 0.3) is 10.9 Å². The molecule has 2 N–H and O–H groups in total. The van der Waals surface area contributed by atoms with E-state index in [0.717, 1.165) is 18.4 Å². The highest BCUT2D eigenvalue weighted by Crippen LogP contribution is 2.34. The molecule has 36 heavy (non-hydrogen) atoms. The van der Waals surface area contributed by atoms with E-state index in [1.807, 2.05) is 12.1 Å². The van der Waals surface area contributed by atoms with Crippen LogP contribution >= 0.6 is 0 Å². The molecule has 9 heteroatoms. The predicted molar refractivity (Wildman–Crippen MR) is 131 cm³/mol. The minimum Gasteiger partial charge on any atom is -0.391 e. The molecule has 3 aromatic rings. The Kier molecular flexibility index (Phi) is 6.90. The zero-order chi connectivity index (χ0) is 25.1. The van der Waals surface area contributed by atoms with Gasteiger partial charge in [0, 0.05) is 31.2 Å². The monoisotopic (exact) mass is 488 g/mol. The van der Waals surface area contributed by atoms with Crippen LogP contribution in [0.5, 0.6) is 0 Å². The number of nitrogens with zero attached hydrogens (tertiary/aromatic N) is 5. The van der Waals surface area contributed by atoms with Gasteiger partial charge in [-0.3, -0.25) is 9.69 Å². The molecule has 0 bridgehead atoms. The molecule has 2 aliphatic rings. The molecule has 2 atom stereocenters. The molecule has 8 nitrogen and oxygen atoms in total. The topological polar surface area (TPSA) is 115 Å². The minimum atomic E-state index is -0.678. The predicted octanol–water partition coefficient (Wildman–Crippen LogP) is 3.25. The quantitative estimate of drug-likeness (QED) is 0.566. The minimum absolute atomic E-state index is 0.142. The lowest BCUT2D eigenvalue weighted by atomic mass is 9.76. The molecular weight excluding hydrogens is 459 g/mol. The molecule has 1 saturated heterocycles. The van der Waals surface area contributed by atoms with E-state index in [2.05, 4.69) is 31.5 Å². The average molecular weight is 489 g/mol. The first kappa shape index (κ1) is 24.2. The van der Waals surface area contributed by atoms with E-state index < -0.39 is 23.2 Å². The molecule has 1 aromatic carbocycles. The summed E-state index contributed by atoms with van der Waals surface area (Å²) in [5.41, 5.74) is 1.11. The average Bonchev–Trinajstić information content (AvgIpc) is 2.91. The van der Waals surface area contributed by atoms with Crippen molar-refractivity contribution in [2.45, 2.75) is 62.6 Å². The number of nitriles is 1. The Morgan fingerprint density at radius 2 is 2.03 bits per heavy atom. The summed E-state index contributed by atoms with van der Waals surface area (Å²) in [6.07, 6.45) is 5.48. The lowest BCUT2D eigenvalue weighted by Gasteiger charge is -2.36. The molecular formula is C27H29FN6O2. The Morgan fingerprint density at radius 1 is 1.22 bits per heavy atom. The van der Waals surface area contributed by atoms with Gasteiger partial charge < -0.3 is 10.4 Å². The molecule has 186 valence electrons. The largest absolute Gasteiger partial charge is 0.391 e. The SMILES string of the molecule is N#CC1(c2cccnn2)CCN(Cc2cc(C(=O)N[C@H]3CCCC[C@@H]3O)nc3c(F)cccc23)CC1. The number of likely N-dealkylation sites (tertiary alicyclic amines) is 1. The van der Waals surface area contributed by atoms with Gasteiger partial charge >= 0.3 is 0 Å². The zero-order valence-corrected chi connectivity index (χ0v) is 20.0. The third-order valence-electron chi connectivity index (χ3n) is 7.53. The van der Waals surface area contributed by atoms with Gasteiger partial charge in [-0.15, -0.1) is 0 Å². The van der Waals surface area contributed by atoms with Gasteiger partial charge in [0.1, 0.15) is 22.4 Å². The number of hydrogen-bond acceptors (Lipinski definition) is 7. The molecule has 3 heterocycles. The van der Waals surface area contributed by atoms with Crippen LogP contribution in [0.3, 0.4) is 0 Å². The molecule has 1 aliphatic heterocycles. The highest BCUT2D eigenvalue weighted by molar-refractivity contribution is 5.96. The van der Waals surface area contributed by atoms with Gasteiger partial charge in [0.15, 0.2) is 0 Å². The number of halogens is 1. The van der Waals surface area contributed by atoms with Gasteiger partial charge in [0.25, 0.3) is 5.91 Å². The number of para-hydroxylation sites is 1. The maximum absolute atomic E-state index is 14.7. The number of aromatic nitrogens is 3. The summed E-state index contributed by atoms with van der Waals surface area (Å²) in [5, 5.41) is 31.9. The summed E-state index contributed by atoms with van der Waals surface area (Å²) in [6.45, 7) is 1.80. The van der Waals surface area contributed by atoms with Crippen molar-refractivity contribution >= 4 is 16.8 Å². The molecule has 1 aliphatic carbocycles. The maximum atomic E-state index is 14.7. The Balaban J connectivity index is 1.38. The Morgan fingerprint density at radius 3 is 2.75 bits per heavy atom. The number of rotatable bonds is 5. The number of fused-ring (bicyclic) bond motifs is 1. The third-order valence-corrected chi connectivity index (χ3v) is 7.53. The number of hydrogen-bond donors (Lipinski definition) is 2. The van der Waals surface area contributed by atoms with Crippen molar-refractivity contribution in [1.82, 2.24) is 25.4 Å². The number of carbonyl (C=O) groups is 1. The molecule has 1 saturated carbocycles. The van der Waals surface area contributed by atoms with Crippen molar-refractivity contribution in [2.75, 3.05) is 13.1 Å². The molecule has 0 unspecified atom stereocenters. The van der Waals surface area contributed by atoms with Gasteiger partial charge in [-0.2, -0.15) is 15.5 Å². The number of piperidine rings is 1.